The first kappa shape index (κ1) is 11.0. The molecule has 13 heavy (non-hydrogen) atoms. The summed E-state index contributed by atoms with van der Waals surface area (Å²) >= 11 is 0. The topological polar surface area (TPSA) is 38.5 Å². The second-order valence-corrected chi connectivity index (χ2v) is 4.30. The maximum Gasteiger partial charge on any atom is 0.0474 e. The Morgan fingerprint density at radius 3 is 2.62 bits per heavy atom. The predicted octanol–water partition coefficient (Wildman–Crippen LogP) is 0.836. The van der Waals surface area contributed by atoms with Crippen molar-refractivity contribution in [3.8, 4) is 0 Å². The maximum absolute atomic E-state index is 6.14. The fourth-order valence-electron chi connectivity index (χ4n) is 1.88. The van der Waals surface area contributed by atoms with E-state index < -0.39 is 0 Å². The maximum atomic E-state index is 6.14. The van der Waals surface area contributed by atoms with E-state index in [9.17, 15) is 0 Å². The number of ether oxygens (including phenoxy) is 1. The molecule has 0 spiro atoms. The molecule has 0 aromatic heterocycles. The molecule has 2 N–H and O–H groups in total. The van der Waals surface area contributed by atoms with Crippen molar-refractivity contribution in [3.63, 3.8) is 0 Å². The number of nitrogens with two attached hydrogens (primary N) is 1. The number of hydrogen-bond donors (Lipinski definition) is 1. The number of hydrogen-bond acceptors (Lipinski definition) is 3. The molecular weight excluding hydrogens is 164 g/mol. The van der Waals surface area contributed by atoms with Crippen LogP contribution in [0.25, 0.3) is 0 Å². The summed E-state index contributed by atoms with van der Waals surface area (Å²) in [6.07, 6.45) is 4.80. The van der Waals surface area contributed by atoms with Crippen LogP contribution in [0.1, 0.15) is 25.7 Å². The van der Waals surface area contributed by atoms with Crippen LogP contribution in [0.2, 0.25) is 0 Å². The van der Waals surface area contributed by atoms with Gasteiger partial charge in [-0.25, -0.2) is 0 Å². The average molecular weight is 186 g/mol. The summed E-state index contributed by atoms with van der Waals surface area (Å²) in [4.78, 5) is 2.32. The Bertz CT molecular complexity index is 146. The monoisotopic (exact) mass is 186 g/mol. The van der Waals surface area contributed by atoms with Gasteiger partial charge in [0.05, 0.1) is 0 Å². The standard InChI is InChI=1S/C10H22N2O/c1-12(7-4-8-13-2)9-10(11)5-3-6-10/h3-9,11H2,1-2H3. The second-order valence-electron chi connectivity index (χ2n) is 4.30. The van der Waals surface area contributed by atoms with E-state index in [1.165, 1.54) is 19.3 Å². The van der Waals surface area contributed by atoms with Gasteiger partial charge < -0.3 is 15.4 Å². The fraction of sp³-hybridized carbons (Fsp3) is 1.00. The summed E-state index contributed by atoms with van der Waals surface area (Å²) in [5, 5.41) is 0. The number of nitrogens with zero attached hydrogens (tertiary/aromatic N) is 1. The van der Waals surface area contributed by atoms with Gasteiger partial charge in [-0.3, -0.25) is 0 Å². The molecule has 0 radical (unpaired) electrons. The third kappa shape index (κ3) is 3.63. The highest BCUT2D eigenvalue weighted by atomic mass is 16.5. The van der Waals surface area contributed by atoms with Gasteiger partial charge in [0, 0.05) is 32.3 Å². The van der Waals surface area contributed by atoms with Gasteiger partial charge in [0.2, 0.25) is 0 Å². The van der Waals surface area contributed by atoms with Gasteiger partial charge >= 0.3 is 0 Å². The van der Waals surface area contributed by atoms with E-state index in [4.69, 9.17) is 10.5 Å². The highest BCUT2D eigenvalue weighted by Gasteiger charge is 2.33. The Labute approximate surface area is 81.2 Å². The zero-order valence-corrected chi connectivity index (χ0v) is 8.88. The first-order valence-corrected chi connectivity index (χ1v) is 5.13. The average Bonchev–Trinajstić information content (AvgIpc) is 2.02. The lowest BCUT2D eigenvalue weighted by Crippen LogP contribution is -2.54. The van der Waals surface area contributed by atoms with E-state index in [1.54, 1.807) is 7.11 Å². The van der Waals surface area contributed by atoms with Crippen LogP contribution in [0.15, 0.2) is 0 Å². The van der Waals surface area contributed by atoms with Crippen molar-refractivity contribution in [2.75, 3.05) is 33.9 Å². The van der Waals surface area contributed by atoms with Crippen LogP contribution in [-0.2, 0) is 4.74 Å². The van der Waals surface area contributed by atoms with Crippen LogP contribution >= 0.6 is 0 Å². The minimum absolute atomic E-state index is 0.127. The molecule has 3 nitrogen and oxygen atoms in total. The van der Waals surface area contributed by atoms with Gasteiger partial charge in [-0.15, -0.1) is 0 Å². The molecule has 0 aliphatic heterocycles. The molecule has 3 heteroatoms. The van der Waals surface area contributed by atoms with Crippen LogP contribution < -0.4 is 5.73 Å². The summed E-state index contributed by atoms with van der Waals surface area (Å²) in [6.45, 7) is 2.98. The Hall–Kier alpha value is -0.120. The van der Waals surface area contributed by atoms with E-state index in [0.29, 0.717) is 0 Å². The largest absolute Gasteiger partial charge is 0.385 e. The molecule has 0 heterocycles. The van der Waals surface area contributed by atoms with Crippen molar-refractivity contribution in [2.24, 2.45) is 5.73 Å². The molecule has 0 aromatic rings. The third-order valence-electron chi connectivity index (χ3n) is 2.82. The van der Waals surface area contributed by atoms with E-state index in [1.807, 2.05) is 0 Å². The smallest absolute Gasteiger partial charge is 0.0474 e. The second kappa shape index (κ2) is 4.94. The fourth-order valence-corrected chi connectivity index (χ4v) is 1.88. The first-order chi connectivity index (χ1) is 6.16. The minimum Gasteiger partial charge on any atom is -0.385 e. The molecule has 0 unspecified atom stereocenters. The summed E-state index contributed by atoms with van der Waals surface area (Å²) in [7, 11) is 3.89. The van der Waals surface area contributed by atoms with Gasteiger partial charge in [0.25, 0.3) is 0 Å². The Balaban J connectivity index is 2.06. The van der Waals surface area contributed by atoms with Gasteiger partial charge in [-0.05, 0) is 32.7 Å². The van der Waals surface area contributed by atoms with Crippen molar-refractivity contribution in [2.45, 2.75) is 31.2 Å². The number of rotatable bonds is 6. The van der Waals surface area contributed by atoms with Crippen LogP contribution in [0, 0.1) is 0 Å². The molecule has 1 fully saturated rings. The van der Waals surface area contributed by atoms with Crippen molar-refractivity contribution in [3.05, 3.63) is 0 Å². The Kier molecular flexibility index (Phi) is 4.16. The minimum atomic E-state index is 0.127. The third-order valence-corrected chi connectivity index (χ3v) is 2.82. The molecule has 0 saturated heterocycles. The number of likely N-dealkylation sites (N-methyl/N-ethyl adjacent to an activating group) is 1. The summed E-state index contributed by atoms with van der Waals surface area (Å²) in [5.74, 6) is 0. The molecular formula is C10H22N2O. The van der Waals surface area contributed by atoms with Gasteiger partial charge in [0.1, 0.15) is 0 Å². The Morgan fingerprint density at radius 1 is 1.46 bits per heavy atom. The molecule has 1 aliphatic carbocycles. The highest BCUT2D eigenvalue weighted by molar-refractivity contribution is 4.94. The molecule has 0 amide bonds. The normalized spacial score (nSPS) is 20.3. The van der Waals surface area contributed by atoms with Crippen LogP contribution in [0.4, 0.5) is 0 Å². The lowest BCUT2D eigenvalue weighted by Gasteiger charge is -2.41. The van der Waals surface area contributed by atoms with E-state index in [-0.39, 0.29) is 5.54 Å². The van der Waals surface area contributed by atoms with Crippen molar-refractivity contribution in [1.29, 1.82) is 0 Å². The van der Waals surface area contributed by atoms with Crippen LogP contribution in [0.5, 0.6) is 0 Å². The van der Waals surface area contributed by atoms with Gasteiger partial charge in [-0.2, -0.15) is 0 Å². The lowest BCUT2D eigenvalue weighted by molar-refractivity contribution is 0.143. The zero-order chi connectivity index (χ0) is 9.73. The van der Waals surface area contributed by atoms with Crippen molar-refractivity contribution < 1.29 is 4.74 Å². The van der Waals surface area contributed by atoms with Gasteiger partial charge in [0.15, 0.2) is 0 Å². The van der Waals surface area contributed by atoms with Crippen molar-refractivity contribution >= 4 is 0 Å². The van der Waals surface area contributed by atoms with Crippen molar-refractivity contribution in [1.82, 2.24) is 4.90 Å². The molecule has 0 bridgehead atoms. The molecule has 1 saturated carbocycles. The zero-order valence-electron chi connectivity index (χ0n) is 8.88. The SMILES string of the molecule is COCCCN(C)CC1(N)CCC1. The predicted molar refractivity (Wildman–Crippen MR) is 54.8 cm³/mol. The molecule has 1 aliphatic rings. The Morgan fingerprint density at radius 2 is 2.15 bits per heavy atom. The molecule has 0 atom stereocenters. The molecule has 78 valence electrons. The van der Waals surface area contributed by atoms with Crippen LogP contribution in [0.3, 0.4) is 0 Å². The molecule has 1 rings (SSSR count). The van der Waals surface area contributed by atoms with E-state index in [0.717, 1.165) is 26.1 Å². The number of methoxy groups -OCH3 is 1. The van der Waals surface area contributed by atoms with Crippen LogP contribution in [-0.4, -0.2) is 44.3 Å². The van der Waals surface area contributed by atoms with Gasteiger partial charge in [-0.1, -0.05) is 0 Å². The highest BCUT2D eigenvalue weighted by Crippen LogP contribution is 2.29. The van der Waals surface area contributed by atoms with E-state index in [2.05, 4.69) is 11.9 Å². The summed E-state index contributed by atoms with van der Waals surface area (Å²) in [5.41, 5.74) is 6.26. The molecule has 0 aromatic carbocycles. The first-order valence-electron chi connectivity index (χ1n) is 5.13. The quantitative estimate of drug-likeness (QED) is 0.625. The summed E-state index contributed by atoms with van der Waals surface area (Å²) < 4.78 is 5.00. The van der Waals surface area contributed by atoms with E-state index >= 15 is 0 Å². The lowest BCUT2D eigenvalue weighted by atomic mass is 9.77. The summed E-state index contributed by atoms with van der Waals surface area (Å²) in [6, 6.07) is 0.